The first-order valence-corrected chi connectivity index (χ1v) is 11.9. The van der Waals surface area contributed by atoms with E-state index in [1.54, 1.807) is 14.1 Å². The second kappa shape index (κ2) is 28.1. The summed E-state index contributed by atoms with van der Waals surface area (Å²) in [6.45, 7) is -2.25. The largest absolute Gasteiger partial charge is 2.00 e. The summed E-state index contributed by atoms with van der Waals surface area (Å²) in [5.74, 6) is -10.9. The molecular weight excluding hydrogens is 687 g/mol. The number of nitrogens with zero attached hydrogens (tertiary/aromatic N) is 3. The Labute approximate surface area is 283 Å². The Balaban J connectivity index is -0.000000129. The molecule has 250 valence electrons. The number of carbonyl (C=O) groups excluding carboxylic acids is 3. The molecule has 0 rings (SSSR count). The topological polar surface area (TPSA) is 374 Å². The van der Waals surface area contributed by atoms with Gasteiger partial charge in [-0.1, -0.05) is 0 Å². The number of aliphatic hydroxyl groups is 1. The zero-order valence-electron chi connectivity index (χ0n) is 23.3. The molecule has 0 spiro atoms. The predicted molar refractivity (Wildman–Crippen MR) is 126 cm³/mol. The van der Waals surface area contributed by atoms with E-state index in [2.05, 4.69) is 0 Å². The summed E-state index contributed by atoms with van der Waals surface area (Å²) >= 11 is 0. The molecule has 2 radical (unpaired) electrons. The smallest absolute Gasteiger partial charge is 0.550 e. The van der Waals surface area contributed by atoms with Crippen molar-refractivity contribution in [1.29, 1.82) is 0 Å². The van der Waals surface area contributed by atoms with Gasteiger partial charge in [0.25, 0.3) is 0 Å². The Morgan fingerprint density at radius 1 is 0.682 bits per heavy atom. The molecule has 0 aromatic rings. The second-order valence-electron chi connectivity index (χ2n) is 7.82. The van der Waals surface area contributed by atoms with Gasteiger partial charge in [-0.2, -0.15) is 8.42 Å². The van der Waals surface area contributed by atoms with Crippen LogP contribution in [0.2, 0.25) is 0 Å². The molecule has 0 aromatic heterocycles. The molecule has 0 aliphatic carbocycles. The first-order chi connectivity index (χ1) is 18.7. The molecule has 22 nitrogen and oxygen atoms in total. The van der Waals surface area contributed by atoms with Crippen molar-refractivity contribution in [3.8, 4) is 0 Å². The fourth-order valence-electron chi connectivity index (χ4n) is 2.16. The van der Waals surface area contributed by atoms with E-state index in [0.29, 0.717) is 0 Å². The fraction of sp³-hybridized carbons (Fsp3) is 0.611. The monoisotopic (exact) mass is 715 g/mol. The third-order valence-electron chi connectivity index (χ3n) is 3.42. The van der Waals surface area contributed by atoms with Gasteiger partial charge in [0.05, 0.1) is 32.1 Å². The van der Waals surface area contributed by atoms with Crippen molar-refractivity contribution in [2.45, 2.75) is 18.4 Å². The van der Waals surface area contributed by atoms with Gasteiger partial charge in [-0.25, -0.2) is 0 Å². The molecule has 0 bridgehead atoms. The molecule has 0 fully saturated rings. The second-order valence-corrected chi connectivity index (χ2v) is 8.72. The summed E-state index contributed by atoms with van der Waals surface area (Å²) in [6.07, 6.45) is -2.72. The maximum Gasteiger partial charge on any atom is 2.00 e. The van der Waals surface area contributed by atoms with Gasteiger partial charge >= 0.3 is 80.3 Å². The third-order valence-corrected chi connectivity index (χ3v) is 3.42. The number of hydrogen-bond acceptors (Lipinski definition) is 16. The molecule has 0 amide bonds. The van der Waals surface area contributed by atoms with Crippen molar-refractivity contribution in [2.75, 3.05) is 53.4 Å². The van der Waals surface area contributed by atoms with Crippen molar-refractivity contribution < 1.29 is 138 Å². The molecule has 44 heavy (non-hydrogen) atoms. The Morgan fingerprint density at radius 3 is 0.977 bits per heavy atom. The fourth-order valence-corrected chi connectivity index (χ4v) is 2.16. The summed E-state index contributed by atoms with van der Waals surface area (Å²) in [7, 11) is 3.83. The van der Waals surface area contributed by atoms with Crippen LogP contribution in [0.25, 0.3) is 0 Å². The van der Waals surface area contributed by atoms with Gasteiger partial charge in [-0.3, -0.25) is 38.1 Å². The molecule has 0 aliphatic rings. The first-order valence-electron chi connectivity index (χ1n) is 10.5. The van der Waals surface area contributed by atoms with Crippen molar-refractivity contribution in [2.24, 2.45) is 0 Å². The summed E-state index contributed by atoms with van der Waals surface area (Å²) in [5, 5.41) is 73.4. The molecule has 0 unspecified atom stereocenters. The van der Waals surface area contributed by atoms with Crippen molar-refractivity contribution in [1.82, 2.24) is 14.6 Å². The molecule has 26 heteroatoms. The number of carboxylic acid groups (broad SMARTS) is 7. The maximum absolute atomic E-state index is 10.6. The van der Waals surface area contributed by atoms with Crippen LogP contribution in [0.3, 0.4) is 0 Å². The summed E-state index contributed by atoms with van der Waals surface area (Å²) < 4.78 is 31.6. The minimum Gasteiger partial charge on any atom is -0.550 e. The van der Waals surface area contributed by atoms with E-state index in [4.69, 9.17) is 51.0 Å². The molecule has 0 aliphatic heterocycles. The number of carbonyl (C=O) groups is 7. The van der Waals surface area contributed by atoms with Crippen molar-refractivity contribution in [3.63, 3.8) is 0 Å². The van der Waals surface area contributed by atoms with E-state index in [-0.39, 0.29) is 59.1 Å². The Morgan fingerprint density at radius 2 is 0.864 bits per heavy atom. The number of rotatable bonds is 16. The van der Waals surface area contributed by atoms with Crippen molar-refractivity contribution >= 4 is 60.2 Å². The third kappa shape index (κ3) is 49.2. The molecule has 0 saturated heterocycles. The molecule has 7 N–H and O–H groups in total. The standard InChI is InChI=1S/C10H16N2O8.C6H8O7.C2H6BN.Na.Ni.H2O4S/c13-7(14)3-11(4-8(15)16)1-2-12(5-9(17)18)6-10(19)20;7-3(8)1-6(13,5(11)12)2-4(9)10;1-4(2)3;;;1-5(2,3)4/h1-6H2,(H,13,14)(H,15,16)(H,17,18)(H,19,20);13H,1-2H2,(H,7,8)(H,9,10)(H,11,12);1-2H3;;;(H2,1,2,3,4)/q;;;+1;+2;/p-3. The van der Waals surface area contributed by atoms with Crippen LogP contribution in [0.1, 0.15) is 12.8 Å². The molecular formula is C18H29BN3NaNiO19S. The number of aliphatic carboxylic acids is 7. The van der Waals surface area contributed by atoms with Gasteiger partial charge in [0.2, 0.25) is 0 Å². The van der Waals surface area contributed by atoms with Crippen LogP contribution < -0.4 is 44.9 Å². The Bertz CT molecular complexity index is 938. The van der Waals surface area contributed by atoms with Gasteiger partial charge in [0, 0.05) is 37.9 Å². The molecule has 0 atom stereocenters. The zero-order chi connectivity index (χ0) is 34.4. The molecule has 0 heterocycles. The quantitative estimate of drug-likeness (QED) is 0.0576. The van der Waals surface area contributed by atoms with Crippen LogP contribution in [0.5, 0.6) is 0 Å². The minimum atomic E-state index is -4.67. The van der Waals surface area contributed by atoms with E-state index in [9.17, 15) is 48.9 Å². The average molecular weight is 716 g/mol. The van der Waals surface area contributed by atoms with Crippen molar-refractivity contribution in [3.05, 3.63) is 0 Å². The van der Waals surface area contributed by atoms with Crippen LogP contribution in [0.15, 0.2) is 0 Å². The van der Waals surface area contributed by atoms with E-state index in [1.165, 1.54) is 4.81 Å². The molecule has 0 aromatic carbocycles. The minimum absolute atomic E-state index is 0. The van der Waals surface area contributed by atoms with E-state index >= 15 is 0 Å². The van der Waals surface area contributed by atoms with Gasteiger partial charge in [0.1, 0.15) is 5.60 Å². The predicted octanol–water partition coefficient (Wildman–Crippen LogP) is -11.3. The Kier molecular flexibility index (Phi) is 34.5. The maximum atomic E-state index is 10.6. The summed E-state index contributed by atoms with van der Waals surface area (Å²) in [5.41, 5.74) is -2.97. The average Bonchev–Trinajstić information content (AvgIpc) is 2.67. The van der Waals surface area contributed by atoms with Gasteiger partial charge in [-0.15, -0.1) is 0 Å². The van der Waals surface area contributed by atoms with Crippen LogP contribution in [-0.4, -0.2) is 166 Å². The van der Waals surface area contributed by atoms with Crippen LogP contribution in [0, 0.1) is 0 Å². The van der Waals surface area contributed by atoms with Crippen LogP contribution >= 0.6 is 0 Å². The zero-order valence-corrected chi connectivity index (χ0v) is 27.1. The Hall–Kier alpha value is -2.44. The van der Waals surface area contributed by atoms with E-state index in [0.717, 1.165) is 9.80 Å². The SMILES string of the molecule is O=C(O)CN(CCN(CC(=O)O)CC(=O)O)CC(=O)O.O=C([O-])CC(O)(CC(=O)[O-])C(=O)[O-].O=S(=O)(O)O.[B]N(C)C.[Na+].[Ni+2]. The van der Waals surface area contributed by atoms with Gasteiger partial charge in [-0.05, 0) is 14.1 Å². The van der Waals surface area contributed by atoms with Gasteiger partial charge in [0.15, 0.2) is 7.98 Å². The van der Waals surface area contributed by atoms with E-state index in [1.807, 2.05) is 0 Å². The number of carboxylic acids is 7. The number of hydrogen-bond donors (Lipinski definition) is 7. The van der Waals surface area contributed by atoms with Crippen LogP contribution in [-0.2, 0) is 60.5 Å². The van der Waals surface area contributed by atoms with E-state index < -0.39 is 96.8 Å². The summed E-state index contributed by atoms with van der Waals surface area (Å²) in [4.78, 5) is 75.9. The molecule has 0 saturated carbocycles. The normalized spacial score (nSPS) is 10.2. The first kappa shape index (κ1) is 54.1. The van der Waals surface area contributed by atoms with Crippen LogP contribution in [0.4, 0.5) is 0 Å². The van der Waals surface area contributed by atoms with Gasteiger partial charge < -0.3 is 60.0 Å². The summed E-state index contributed by atoms with van der Waals surface area (Å²) in [6, 6.07) is 0.